The van der Waals surface area contributed by atoms with Gasteiger partial charge < -0.3 is 9.80 Å². The molecule has 134 valence electrons. The minimum atomic E-state index is -0.0367. The van der Waals surface area contributed by atoms with Gasteiger partial charge in [0.25, 0.3) is 5.91 Å². The Morgan fingerprint density at radius 1 is 1.15 bits per heavy atom. The number of aryl methyl sites for hydroxylation is 1. The Hall–Kier alpha value is -2.67. The van der Waals surface area contributed by atoms with Gasteiger partial charge >= 0.3 is 0 Å². The van der Waals surface area contributed by atoms with Gasteiger partial charge in [-0.15, -0.1) is 0 Å². The normalized spacial score (nSPS) is 15.3. The lowest BCUT2D eigenvalue weighted by molar-refractivity contribution is 0.0768. The van der Waals surface area contributed by atoms with E-state index >= 15 is 0 Å². The summed E-state index contributed by atoms with van der Waals surface area (Å²) in [6.07, 6.45) is 7.81. The molecule has 3 aromatic rings. The fraction of sp³-hybridized carbons (Fsp3) is 0.333. The van der Waals surface area contributed by atoms with Crippen LogP contribution in [0.1, 0.15) is 22.3 Å². The summed E-state index contributed by atoms with van der Waals surface area (Å²) < 4.78 is 1.65. The maximum Gasteiger partial charge on any atom is 0.259 e. The fourth-order valence-electron chi connectivity index (χ4n) is 3.23. The summed E-state index contributed by atoms with van der Waals surface area (Å²) in [6, 6.07) is 3.66. The molecule has 0 aliphatic carbocycles. The molecule has 1 saturated heterocycles. The minimum absolute atomic E-state index is 0.0367. The Bertz CT molecular complexity index is 956. The van der Waals surface area contributed by atoms with E-state index in [4.69, 9.17) is 11.6 Å². The van der Waals surface area contributed by atoms with Gasteiger partial charge in [-0.1, -0.05) is 11.6 Å². The molecule has 0 N–H and O–H groups in total. The van der Waals surface area contributed by atoms with Gasteiger partial charge in [0.2, 0.25) is 0 Å². The molecule has 1 aliphatic rings. The minimum Gasteiger partial charge on any atom is -0.354 e. The van der Waals surface area contributed by atoms with Crippen LogP contribution in [0, 0.1) is 6.92 Å². The van der Waals surface area contributed by atoms with Crippen molar-refractivity contribution in [1.29, 1.82) is 0 Å². The van der Waals surface area contributed by atoms with Crippen molar-refractivity contribution in [2.45, 2.75) is 13.3 Å². The van der Waals surface area contributed by atoms with E-state index in [1.807, 2.05) is 30.2 Å². The Morgan fingerprint density at radius 3 is 2.88 bits per heavy atom. The third kappa shape index (κ3) is 3.10. The van der Waals surface area contributed by atoms with Crippen molar-refractivity contribution in [3.63, 3.8) is 0 Å². The lowest BCUT2D eigenvalue weighted by atomic mass is 10.2. The van der Waals surface area contributed by atoms with Crippen LogP contribution in [0.2, 0.25) is 5.02 Å². The third-order valence-corrected chi connectivity index (χ3v) is 4.83. The summed E-state index contributed by atoms with van der Waals surface area (Å²) in [7, 11) is 0. The molecule has 0 spiro atoms. The van der Waals surface area contributed by atoms with Crippen molar-refractivity contribution in [3.8, 4) is 0 Å². The van der Waals surface area contributed by atoms with Crippen molar-refractivity contribution in [3.05, 3.63) is 53.1 Å². The first-order chi connectivity index (χ1) is 12.6. The average Bonchev–Trinajstić information content (AvgIpc) is 2.89. The number of aromatic nitrogens is 4. The number of fused-ring (bicyclic) bond motifs is 1. The molecule has 0 radical (unpaired) electrons. The van der Waals surface area contributed by atoms with Crippen LogP contribution in [0.3, 0.4) is 0 Å². The standard InChI is InChI=1S/C18H19ClN6O/c1-13-10-21-16-14(11-22-25(16)12-13)18(26)24-7-3-6-23(8-9-24)17-15(19)4-2-5-20-17/h2,4-5,10-12H,3,6-9H2,1H3. The second-order valence-electron chi connectivity index (χ2n) is 6.40. The van der Waals surface area contributed by atoms with Crippen molar-refractivity contribution >= 4 is 29.0 Å². The summed E-state index contributed by atoms with van der Waals surface area (Å²) >= 11 is 6.27. The number of anilines is 1. The Labute approximate surface area is 156 Å². The predicted molar refractivity (Wildman–Crippen MR) is 99.7 cm³/mol. The van der Waals surface area contributed by atoms with Crippen LogP contribution < -0.4 is 4.90 Å². The van der Waals surface area contributed by atoms with E-state index in [0.29, 0.717) is 35.9 Å². The SMILES string of the molecule is Cc1cnc2c(C(=O)N3CCCN(c4ncccc4Cl)CC3)cnn2c1. The van der Waals surface area contributed by atoms with Gasteiger partial charge in [-0.05, 0) is 31.0 Å². The molecule has 7 nitrogen and oxygen atoms in total. The monoisotopic (exact) mass is 370 g/mol. The highest BCUT2D eigenvalue weighted by atomic mass is 35.5. The number of rotatable bonds is 2. The van der Waals surface area contributed by atoms with Crippen LogP contribution >= 0.6 is 11.6 Å². The molecular formula is C18H19ClN6O. The first-order valence-electron chi connectivity index (χ1n) is 8.58. The molecule has 0 aromatic carbocycles. The van der Waals surface area contributed by atoms with Gasteiger partial charge in [0, 0.05) is 44.8 Å². The predicted octanol–water partition coefficient (Wildman–Crippen LogP) is 2.44. The van der Waals surface area contributed by atoms with Crippen LogP contribution in [0.25, 0.3) is 5.65 Å². The van der Waals surface area contributed by atoms with E-state index in [-0.39, 0.29) is 5.91 Å². The van der Waals surface area contributed by atoms with E-state index in [1.165, 1.54) is 0 Å². The van der Waals surface area contributed by atoms with E-state index in [0.717, 1.165) is 24.3 Å². The molecule has 0 atom stereocenters. The Kier molecular flexibility index (Phi) is 4.46. The maximum atomic E-state index is 13.0. The molecule has 26 heavy (non-hydrogen) atoms. The van der Waals surface area contributed by atoms with Gasteiger partial charge in [0.15, 0.2) is 5.65 Å². The van der Waals surface area contributed by atoms with Gasteiger partial charge in [-0.2, -0.15) is 5.10 Å². The highest BCUT2D eigenvalue weighted by Crippen LogP contribution is 2.24. The highest BCUT2D eigenvalue weighted by molar-refractivity contribution is 6.32. The Morgan fingerprint density at radius 2 is 2.04 bits per heavy atom. The number of hydrogen-bond donors (Lipinski definition) is 0. The summed E-state index contributed by atoms with van der Waals surface area (Å²) in [5.41, 5.74) is 2.13. The van der Waals surface area contributed by atoms with Crippen LogP contribution in [-0.2, 0) is 0 Å². The van der Waals surface area contributed by atoms with Crippen molar-refractivity contribution in [2.75, 3.05) is 31.1 Å². The van der Waals surface area contributed by atoms with Crippen LogP contribution in [0.5, 0.6) is 0 Å². The topological polar surface area (TPSA) is 66.6 Å². The number of pyridine rings is 1. The zero-order valence-electron chi connectivity index (χ0n) is 14.5. The van der Waals surface area contributed by atoms with E-state index in [2.05, 4.69) is 20.0 Å². The van der Waals surface area contributed by atoms with E-state index in [1.54, 1.807) is 23.1 Å². The molecule has 0 saturated carbocycles. The second-order valence-corrected chi connectivity index (χ2v) is 6.81. The first-order valence-corrected chi connectivity index (χ1v) is 8.96. The number of carbonyl (C=O) groups is 1. The molecule has 0 unspecified atom stereocenters. The van der Waals surface area contributed by atoms with E-state index in [9.17, 15) is 4.79 Å². The second kappa shape index (κ2) is 6.92. The number of amides is 1. The van der Waals surface area contributed by atoms with Crippen LogP contribution in [0.4, 0.5) is 5.82 Å². The smallest absolute Gasteiger partial charge is 0.259 e. The summed E-state index contributed by atoms with van der Waals surface area (Å²) in [5, 5.41) is 4.90. The largest absolute Gasteiger partial charge is 0.354 e. The van der Waals surface area contributed by atoms with Gasteiger partial charge in [0.05, 0.1) is 11.2 Å². The van der Waals surface area contributed by atoms with Crippen LogP contribution in [-0.4, -0.2) is 56.6 Å². The van der Waals surface area contributed by atoms with Crippen molar-refractivity contribution in [1.82, 2.24) is 24.5 Å². The van der Waals surface area contributed by atoms with E-state index < -0.39 is 0 Å². The highest BCUT2D eigenvalue weighted by Gasteiger charge is 2.24. The quantitative estimate of drug-likeness (QED) is 0.693. The molecule has 4 heterocycles. The molecule has 0 bridgehead atoms. The first kappa shape index (κ1) is 16.8. The zero-order chi connectivity index (χ0) is 18.1. The average molecular weight is 371 g/mol. The molecule has 1 aliphatic heterocycles. The number of nitrogens with zero attached hydrogens (tertiary/aromatic N) is 6. The van der Waals surface area contributed by atoms with Crippen LogP contribution in [0.15, 0.2) is 36.9 Å². The summed E-state index contributed by atoms with van der Waals surface area (Å²) in [4.78, 5) is 25.7. The lowest BCUT2D eigenvalue weighted by Crippen LogP contribution is -2.35. The Balaban J connectivity index is 1.53. The molecule has 1 amide bonds. The van der Waals surface area contributed by atoms with Gasteiger partial charge in [-0.25, -0.2) is 14.5 Å². The lowest BCUT2D eigenvalue weighted by Gasteiger charge is -2.23. The number of halogens is 1. The van der Waals surface area contributed by atoms with Gasteiger partial charge in [0.1, 0.15) is 11.4 Å². The van der Waals surface area contributed by atoms with Gasteiger partial charge in [-0.3, -0.25) is 4.79 Å². The molecular weight excluding hydrogens is 352 g/mol. The van der Waals surface area contributed by atoms with Crippen molar-refractivity contribution in [2.24, 2.45) is 0 Å². The third-order valence-electron chi connectivity index (χ3n) is 4.54. The molecule has 8 heteroatoms. The summed E-state index contributed by atoms with van der Waals surface area (Å²) in [5.74, 6) is 0.738. The zero-order valence-corrected chi connectivity index (χ0v) is 15.2. The fourth-order valence-corrected chi connectivity index (χ4v) is 3.47. The maximum absolute atomic E-state index is 13.0. The van der Waals surface area contributed by atoms with Crippen molar-refractivity contribution < 1.29 is 4.79 Å². The molecule has 4 rings (SSSR count). The summed E-state index contributed by atoms with van der Waals surface area (Å²) in [6.45, 7) is 4.74. The molecule has 1 fully saturated rings. The number of carbonyl (C=O) groups excluding carboxylic acids is 1. The molecule has 3 aromatic heterocycles. The number of hydrogen-bond acceptors (Lipinski definition) is 5.